The number of aliphatic hydroxyl groups is 1. The Morgan fingerprint density at radius 1 is 1.25 bits per heavy atom. The topological polar surface area (TPSA) is 41.9 Å². The van der Waals surface area contributed by atoms with E-state index in [1.807, 2.05) is 35.2 Å². The van der Waals surface area contributed by atoms with Gasteiger partial charge in [-0.05, 0) is 35.7 Å². The number of ether oxygens (including phenoxy) is 2. The van der Waals surface area contributed by atoms with Gasteiger partial charge in [0.25, 0.3) is 0 Å². The molecule has 2 aromatic rings. The molecular weight excluding hydrogens is 364 g/mol. The Hall–Kier alpha value is -2.28. The predicted molar refractivity (Wildman–Crippen MR) is 103 cm³/mol. The summed E-state index contributed by atoms with van der Waals surface area (Å²) in [5.74, 6) is -1.02. The van der Waals surface area contributed by atoms with E-state index in [1.165, 1.54) is 12.1 Å². The Morgan fingerprint density at radius 2 is 2.07 bits per heavy atom. The summed E-state index contributed by atoms with van der Waals surface area (Å²) in [6.07, 6.45) is 1.47. The van der Waals surface area contributed by atoms with Crippen LogP contribution < -0.4 is 4.74 Å². The van der Waals surface area contributed by atoms with Gasteiger partial charge in [0.1, 0.15) is 18.5 Å². The van der Waals surface area contributed by atoms with Crippen LogP contribution in [-0.2, 0) is 11.2 Å². The second-order valence-corrected chi connectivity index (χ2v) is 6.86. The molecule has 1 aliphatic heterocycles. The van der Waals surface area contributed by atoms with Gasteiger partial charge in [-0.15, -0.1) is 6.58 Å². The molecule has 0 bridgehead atoms. The number of rotatable bonds is 8. The number of para-hydroxylation sites is 1. The number of nitrogens with zero attached hydrogens (tertiary/aromatic N) is 1. The maximum atomic E-state index is 13.5. The van der Waals surface area contributed by atoms with Crippen molar-refractivity contribution < 1.29 is 23.4 Å². The first-order chi connectivity index (χ1) is 13.6. The highest BCUT2D eigenvalue weighted by Gasteiger charge is 2.24. The van der Waals surface area contributed by atoms with Crippen LogP contribution in [0.5, 0.6) is 5.75 Å². The maximum Gasteiger partial charge on any atom is 0.159 e. The Balaban J connectivity index is 1.53. The lowest BCUT2D eigenvalue weighted by Gasteiger charge is -2.34. The quantitative estimate of drug-likeness (QED) is 0.702. The summed E-state index contributed by atoms with van der Waals surface area (Å²) < 4.78 is 38.1. The van der Waals surface area contributed by atoms with Crippen LogP contribution in [0.3, 0.4) is 0 Å². The molecule has 6 heteroatoms. The van der Waals surface area contributed by atoms with E-state index in [0.29, 0.717) is 38.2 Å². The summed E-state index contributed by atoms with van der Waals surface area (Å²) >= 11 is 0. The van der Waals surface area contributed by atoms with E-state index in [0.717, 1.165) is 17.4 Å². The van der Waals surface area contributed by atoms with Crippen molar-refractivity contribution in [2.45, 2.75) is 18.6 Å². The van der Waals surface area contributed by atoms with Gasteiger partial charge < -0.3 is 14.6 Å². The minimum atomic E-state index is -0.884. The average Bonchev–Trinajstić information content (AvgIpc) is 2.70. The van der Waals surface area contributed by atoms with Crippen LogP contribution in [0.1, 0.15) is 17.2 Å². The molecule has 28 heavy (non-hydrogen) atoms. The maximum absolute atomic E-state index is 13.5. The number of allylic oxidation sites excluding steroid dienone is 1. The highest BCUT2D eigenvalue weighted by molar-refractivity contribution is 5.34. The molecule has 0 spiro atoms. The smallest absolute Gasteiger partial charge is 0.159 e. The summed E-state index contributed by atoms with van der Waals surface area (Å²) in [6, 6.07) is 11.5. The van der Waals surface area contributed by atoms with Gasteiger partial charge in [-0.3, -0.25) is 4.90 Å². The molecule has 1 aliphatic rings. The highest BCUT2D eigenvalue weighted by Crippen LogP contribution is 2.24. The molecule has 1 N–H and O–H groups in total. The zero-order valence-corrected chi connectivity index (χ0v) is 15.7. The van der Waals surface area contributed by atoms with E-state index in [1.54, 1.807) is 0 Å². The van der Waals surface area contributed by atoms with Crippen LogP contribution in [0.15, 0.2) is 55.1 Å². The first-order valence-corrected chi connectivity index (χ1v) is 9.35. The zero-order chi connectivity index (χ0) is 19.9. The lowest BCUT2D eigenvalue weighted by atomic mass is 10.1. The Bertz CT molecular complexity index is 799. The standard InChI is InChI=1S/C22H25F2NO3/c1-2-5-16-6-3-4-7-21(16)28-15-18(26)13-25-10-11-27-22(14-25)17-8-9-19(23)20(24)12-17/h2-4,6-9,12,18,22,26H,1,5,10-11,13-15H2. The molecular formula is C22H25F2NO3. The Morgan fingerprint density at radius 3 is 2.86 bits per heavy atom. The van der Waals surface area contributed by atoms with Gasteiger partial charge in [-0.25, -0.2) is 8.78 Å². The van der Waals surface area contributed by atoms with Gasteiger partial charge in [-0.1, -0.05) is 30.3 Å². The average molecular weight is 389 g/mol. The molecule has 2 aromatic carbocycles. The molecule has 0 amide bonds. The second kappa shape index (κ2) is 9.78. The highest BCUT2D eigenvalue weighted by atomic mass is 19.2. The summed E-state index contributed by atoms with van der Waals surface area (Å²) in [4.78, 5) is 2.04. The van der Waals surface area contributed by atoms with Crippen molar-refractivity contribution >= 4 is 0 Å². The monoisotopic (exact) mass is 389 g/mol. The lowest BCUT2D eigenvalue weighted by Crippen LogP contribution is -2.43. The van der Waals surface area contributed by atoms with Gasteiger partial charge in [0.2, 0.25) is 0 Å². The number of hydrogen-bond acceptors (Lipinski definition) is 4. The summed E-state index contributed by atoms with van der Waals surface area (Å²) in [5, 5.41) is 10.4. The molecule has 3 rings (SSSR count). The minimum absolute atomic E-state index is 0.168. The van der Waals surface area contributed by atoms with Crippen LogP contribution in [0.25, 0.3) is 0 Å². The van der Waals surface area contributed by atoms with Crippen molar-refractivity contribution in [2.24, 2.45) is 0 Å². The fourth-order valence-electron chi connectivity index (χ4n) is 3.29. The molecule has 2 atom stereocenters. The summed E-state index contributed by atoms with van der Waals surface area (Å²) in [5.41, 5.74) is 1.61. The molecule has 2 unspecified atom stereocenters. The van der Waals surface area contributed by atoms with E-state index in [-0.39, 0.29) is 12.7 Å². The van der Waals surface area contributed by atoms with Gasteiger partial charge in [0, 0.05) is 19.6 Å². The van der Waals surface area contributed by atoms with Crippen molar-refractivity contribution in [3.63, 3.8) is 0 Å². The minimum Gasteiger partial charge on any atom is -0.491 e. The van der Waals surface area contributed by atoms with Crippen LogP contribution >= 0.6 is 0 Å². The number of morpholine rings is 1. The number of aliphatic hydroxyl groups excluding tert-OH is 1. The summed E-state index contributed by atoms with van der Waals surface area (Å²) in [6.45, 7) is 5.93. The molecule has 0 saturated carbocycles. The van der Waals surface area contributed by atoms with Gasteiger partial charge in [0.05, 0.1) is 12.7 Å². The first-order valence-electron chi connectivity index (χ1n) is 9.35. The van der Waals surface area contributed by atoms with E-state index in [2.05, 4.69) is 6.58 Å². The van der Waals surface area contributed by atoms with Crippen molar-refractivity contribution in [1.29, 1.82) is 0 Å². The lowest BCUT2D eigenvalue weighted by molar-refractivity contribution is -0.0461. The van der Waals surface area contributed by atoms with E-state index < -0.39 is 17.7 Å². The van der Waals surface area contributed by atoms with Crippen molar-refractivity contribution in [2.75, 3.05) is 32.8 Å². The third kappa shape index (κ3) is 5.38. The van der Waals surface area contributed by atoms with Gasteiger partial charge in [0.15, 0.2) is 11.6 Å². The second-order valence-electron chi connectivity index (χ2n) is 6.86. The number of hydrogen-bond donors (Lipinski definition) is 1. The normalized spacial score (nSPS) is 18.6. The summed E-state index contributed by atoms with van der Waals surface area (Å²) in [7, 11) is 0. The zero-order valence-electron chi connectivity index (χ0n) is 15.7. The molecule has 1 saturated heterocycles. The van der Waals surface area contributed by atoms with Crippen molar-refractivity contribution in [3.8, 4) is 5.75 Å². The number of β-amino-alcohol motifs (C(OH)–C–C–N with tert-alkyl or cyclic N) is 1. The number of halogens is 2. The molecule has 150 valence electrons. The van der Waals surface area contributed by atoms with E-state index in [9.17, 15) is 13.9 Å². The van der Waals surface area contributed by atoms with Crippen LogP contribution in [0.4, 0.5) is 8.78 Å². The third-order valence-electron chi connectivity index (χ3n) is 4.70. The number of benzene rings is 2. The van der Waals surface area contributed by atoms with Crippen molar-refractivity contribution in [3.05, 3.63) is 77.9 Å². The molecule has 1 fully saturated rings. The Labute approximate surface area is 164 Å². The molecule has 4 nitrogen and oxygen atoms in total. The van der Waals surface area contributed by atoms with Crippen LogP contribution in [-0.4, -0.2) is 49.0 Å². The molecule has 0 aromatic heterocycles. The third-order valence-corrected chi connectivity index (χ3v) is 4.70. The molecule has 1 heterocycles. The van der Waals surface area contributed by atoms with Crippen LogP contribution in [0, 0.1) is 11.6 Å². The largest absolute Gasteiger partial charge is 0.491 e. The van der Waals surface area contributed by atoms with Gasteiger partial charge >= 0.3 is 0 Å². The first kappa shape index (κ1) is 20.5. The van der Waals surface area contributed by atoms with Gasteiger partial charge in [-0.2, -0.15) is 0 Å². The molecule has 0 aliphatic carbocycles. The Kier molecular flexibility index (Phi) is 7.14. The van der Waals surface area contributed by atoms with E-state index >= 15 is 0 Å². The fraction of sp³-hybridized carbons (Fsp3) is 0.364. The fourth-order valence-corrected chi connectivity index (χ4v) is 3.29. The SMILES string of the molecule is C=CCc1ccccc1OCC(O)CN1CCOC(c2ccc(F)c(F)c2)C1. The molecule has 0 radical (unpaired) electrons. The predicted octanol–water partition coefficient (Wildman–Crippen LogP) is 3.51. The van der Waals surface area contributed by atoms with Crippen molar-refractivity contribution in [1.82, 2.24) is 4.90 Å². The van der Waals surface area contributed by atoms with Crippen LogP contribution in [0.2, 0.25) is 0 Å². The van der Waals surface area contributed by atoms with E-state index in [4.69, 9.17) is 9.47 Å².